The van der Waals surface area contributed by atoms with Gasteiger partial charge in [0.1, 0.15) is 16.6 Å². The molecule has 4 nitrogen and oxygen atoms in total. The van der Waals surface area contributed by atoms with Crippen molar-refractivity contribution in [2.75, 3.05) is 11.1 Å². The summed E-state index contributed by atoms with van der Waals surface area (Å²) in [6.45, 7) is 3.45. The fraction of sp³-hybridized carbons (Fsp3) is 0.200. The Morgan fingerprint density at radius 3 is 2.60 bits per heavy atom. The number of hydrogen-bond donors (Lipinski definition) is 2. The van der Waals surface area contributed by atoms with Gasteiger partial charge in [-0.1, -0.05) is 30.3 Å². The minimum atomic E-state index is -0.121. The molecular formula is C15H15N3OS. The van der Waals surface area contributed by atoms with Crippen LogP contribution in [0.15, 0.2) is 30.3 Å². The van der Waals surface area contributed by atoms with E-state index >= 15 is 0 Å². The van der Waals surface area contributed by atoms with Gasteiger partial charge in [-0.3, -0.25) is 4.79 Å². The van der Waals surface area contributed by atoms with Gasteiger partial charge in [-0.2, -0.15) is 5.26 Å². The zero-order valence-electron chi connectivity index (χ0n) is 11.3. The predicted octanol–water partition coefficient (Wildman–Crippen LogP) is 3.58. The zero-order valence-corrected chi connectivity index (χ0v) is 12.1. The Balaban J connectivity index is 2.33. The molecule has 0 saturated heterocycles. The maximum Gasteiger partial charge on any atom is 0.171 e. The molecule has 2 rings (SSSR count). The number of benzene rings is 1. The van der Waals surface area contributed by atoms with Gasteiger partial charge in [0.05, 0.1) is 10.6 Å². The third-order valence-electron chi connectivity index (χ3n) is 3.02. The number of anilines is 2. The molecule has 0 aliphatic carbocycles. The normalized spacial score (nSPS) is 11.7. The lowest BCUT2D eigenvalue weighted by molar-refractivity contribution is 0.102. The van der Waals surface area contributed by atoms with Gasteiger partial charge in [-0.15, -0.1) is 11.3 Å². The quantitative estimate of drug-likeness (QED) is 0.841. The molecule has 0 radical (unpaired) electrons. The van der Waals surface area contributed by atoms with E-state index in [2.05, 4.69) is 11.4 Å². The van der Waals surface area contributed by atoms with Crippen molar-refractivity contribution in [2.45, 2.75) is 19.9 Å². The first-order valence-electron chi connectivity index (χ1n) is 6.19. The van der Waals surface area contributed by atoms with Crippen LogP contribution in [0, 0.1) is 11.3 Å². The molecule has 102 valence electrons. The van der Waals surface area contributed by atoms with Crippen LogP contribution in [0.3, 0.4) is 0 Å². The van der Waals surface area contributed by atoms with Crippen LogP contribution < -0.4 is 11.1 Å². The molecule has 0 spiro atoms. The van der Waals surface area contributed by atoms with Crippen LogP contribution in [0.25, 0.3) is 0 Å². The highest BCUT2D eigenvalue weighted by atomic mass is 32.1. The molecule has 1 heterocycles. The topological polar surface area (TPSA) is 78.9 Å². The van der Waals surface area contributed by atoms with E-state index in [1.165, 1.54) is 18.3 Å². The molecule has 20 heavy (non-hydrogen) atoms. The summed E-state index contributed by atoms with van der Waals surface area (Å²) in [5, 5.41) is 13.1. The van der Waals surface area contributed by atoms with E-state index in [4.69, 9.17) is 5.73 Å². The molecular weight excluding hydrogens is 270 g/mol. The van der Waals surface area contributed by atoms with Crippen LogP contribution >= 0.6 is 11.3 Å². The van der Waals surface area contributed by atoms with E-state index in [1.807, 2.05) is 37.3 Å². The van der Waals surface area contributed by atoms with Gasteiger partial charge in [0, 0.05) is 13.0 Å². The van der Waals surface area contributed by atoms with Crippen LogP contribution in [0.4, 0.5) is 10.7 Å². The molecule has 2 aromatic rings. The smallest absolute Gasteiger partial charge is 0.171 e. The molecule has 5 heteroatoms. The Labute approximate surface area is 121 Å². The molecule has 1 unspecified atom stereocenters. The highest BCUT2D eigenvalue weighted by Crippen LogP contribution is 2.37. The van der Waals surface area contributed by atoms with Gasteiger partial charge in [0.15, 0.2) is 5.78 Å². The largest absolute Gasteiger partial charge is 0.396 e. The Kier molecular flexibility index (Phi) is 4.06. The number of Topliss-reactive ketones (excluding diaryl/α,β-unsaturated/α-hetero) is 1. The van der Waals surface area contributed by atoms with Crippen molar-refractivity contribution in [1.82, 2.24) is 0 Å². The van der Waals surface area contributed by atoms with Gasteiger partial charge < -0.3 is 11.1 Å². The van der Waals surface area contributed by atoms with Crippen molar-refractivity contribution in [2.24, 2.45) is 0 Å². The highest BCUT2D eigenvalue weighted by Gasteiger charge is 2.19. The van der Waals surface area contributed by atoms with Crippen molar-refractivity contribution in [1.29, 1.82) is 5.26 Å². The maximum absolute atomic E-state index is 11.5. The number of hydrogen-bond acceptors (Lipinski definition) is 5. The molecule has 1 aromatic carbocycles. The average molecular weight is 285 g/mol. The molecule has 0 bridgehead atoms. The van der Waals surface area contributed by atoms with E-state index in [1.54, 1.807) is 0 Å². The summed E-state index contributed by atoms with van der Waals surface area (Å²) in [7, 11) is 0. The molecule has 0 fully saturated rings. The number of nitrogens with one attached hydrogen (secondary N) is 1. The summed E-state index contributed by atoms with van der Waals surface area (Å²) >= 11 is 1.23. The lowest BCUT2D eigenvalue weighted by Crippen LogP contribution is -2.06. The highest BCUT2D eigenvalue weighted by molar-refractivity contribution is 7.19. The molecule has 0 aliphatic heterocycles. The van der Waals surface area contributed by atoms with Crippen LogP contribution in [0.5, 0.6) is 0 Å². The first kappa shape index (κ1) is 14.1. The van der Waals surface area contributed by atoms with Gasteiger partial charge >= 0.3 is 0 Å². The number of nitrogens with two attached hydrogens (primary N) is 1. The van der Waals surface area contributed by atoms with E-state index in [0.29, 0.717) is 15.4 Å². The van der Waals surface area contributed by atoms with E-state index < -0.39 is 0 Å². The fourth-order valence-corrected chi connectivity index (χ4v) is 2.99. The zero-order chi connectivity index (χ0) is 14.7. The molecule has 0 amide bonds. The number of carbonyl (C=O) groups is 1. The Bertz CT molecular complexity index is 670. The number of nitriles is 1. The van der Waals surface area contributed by atoms with Crippen molar-refractivity contribution >= 4 is 27.8 Å². The molecule has 0 saturated carbocycles. The minimum Gasteiger partial charge on any atom is -0.396 e. The van der Waals surface area contributed by atoms with Gasteiger partial charge in [-0.05, 0) is 12.5 Å². The van der Waals surface area contributed by atoms with Crippen LogP contribution in [-0.4, -0.2) is 5.78 Å². The Morgan fingerprint density at radius 2 is 2.05 bits per heavy atom. The second-order valence-electron chi connectivity index (χ2n) is 4.49. The number of nitrogens with zero attached hydrogens (tertiary/aromatic N) is 1. The Morgan fingerprint density at radius 1 is 1.40 bits per heavy atom. The summed E-state index contributed by atoms with van der Waals surface area (Å²) < 4.78 is 0. The van der Waals surface area contributed by atoms with Crippen LogP contribution in [0.2, 0.25) is 0 Å². The third-order valence-corrected chi connectivity index (χ3v) is 4.26. The lowest BCUT2D eigenvalue weighted by atomic mass is 10.1. The fourth-order valence-electron chi connectivity index (χ4n) is 1.94. The van der Waals surface area contributed by atoms with Crippen molar-refractivity contribution in [3.63, 3.8) is 0 Å². The summed E-state index contributed by atoms with van der Waals surface area (Å²) in [6.07, 6.45) is 0. The minimum absolute atomic E-state index is 0.0289. The van der Waals surface area contributed by atoms with Gasteiger partial charge in [0.25, 0.3) is 0 Å². The van der Waals surface area contributed by atoms with Crippen molar-refractivity contribution in [3.05, 3.63) is 46.3 Å². The van der Waals surface area contributed by atoms with E-state index in [-0.39, 0.29) is 17.5 Å². The average Bonchev–Trinajstić information content (AvgIpc) is 2.76. The summed E-state index contributed by atoms with van der Waals surface area (Å²) in [5.74, 6) is -0.121. The summed E-state index contributed by atoms with van der Waals surface area (Å²) in [4.78, 5) is 11.9. The van der Waals surface area contributed by atoms with E-state index in [0.717, 1.165) is 5.56 Å². The van der Waals surface area contributed by atoms with E-state index in [9.17, 15) is 10.1 Å². The first-order valence-corrected chi connectivity index (χ1v) is 7.01. The maximum atomic E-state index is 11.5. The van der Waals surface area contributed by atoms with Gasteiger partial charge in [-0.25, -0.2) is 0 Å². The molecule has 1 aromatic heterocycles. The number of rotatable bonds is 4. The van der Waals surface area contributed by atoms with Gasteiger partial charge in [0.2, 0.25) is 0 Å². The first-order chi connectivity index (χ1) is 9.54. The number of thiophene rings is 1. The molecule has 0 aliphatic rings. The molecule has 3 N–H and O–H groups in total. The molecule has 1 atom stereocenters. The van der Waals surface area contributed by atoms with Crippen molar-refractivity contribution in [3.8, 4) is 6.07 Å². The second-order valence-corrected chi connectivity index (χ2v) is 5.51. The number of ketones is 1. The second kappa shape index (κ2) is 5.76. The SMILES string of the molecule is CC(=O)c1sc(NC(C)c2ccccc2)c(C#N)c1N. The summed E-state index contributed by atoms with van der Waals surface area (Å²) in [6, 6.07) is 12.0. The van der Waals surface area contributed by atoms with Crippen LogP contribution in [0.1, 0.15) is 40.7 Å². The van der Waals surface area contributed by atoms with Crippen LogP contribution in [-0.2, 0) is 0 Å². The predicted molar refractivity (Wildman–Crippen MR) is 81.9 cm³/mol. The summed E-state index contributed by atoms with van der Waals surface area (Å²) in [5.41, 5.74) is 7.58. The third kappa shape index (κ3) is 2.65. The van der Waals surface area contributed by atoms with Crippen molar-refractivity contribution < 1.29 is 4.79 Å². The standard InChI is InChI=1S/C15H15N3OS/c1-9(11-6-4-3-5-7-11)18-15-12(8-16)13(17)14(20-15)10(2)19/h3-7,9,18H,17H2,1-2H3. The Hall–Kier alpha value is -2.32. The lowest BCUT2D eigenvalue weighted by Gasteiger charge is -2.14. The number of carbonyl (C=O) groups excluding carboxylic acids is 1. The number of nitrogen functional groups attached to an aromatic ring is 1. The monoisotopic (exact) mass is 285 g/mol.